The van der Waals surface area contributed by atoms with Gasteiger partial charge in [0, 0.05) is 12.6 Å². The fourth-order valence-corrected chi connectivity index (χ4v) is 2.54. The summed E-state index contributed by atoms with van der Waals surface area (Å²) in [7, 11) is 0. The Morgan fingerprint density at radius 2 is 1.94 bits per heavy atom. The van der Waals surface area contributed by atoms with Gasteiger partial charge in [0.05, 0.1) is 5.92 Å². The van der Waals surface area contributed by atoms with E-state index in [-0.39, 0.29) is 30.3 Å². The molecule has 104 valence electrons. The number of carboxylic acids is 1. The van der Waals surface area contributed by atoms with Gasteiger partial charge < -0.3 is 15.7 Å². The number of amides is 1. The quantitative estimate of drug-likeness (QED) is 0.770. The Bertz CT molecular complexity index is 305. The standard InChI is InChI=1S/C13H24N2O3/c1-9(2)7-15(8-12(16)17)13(18)10-5-3-4-6-11(10)14/h9-11H,3-8,14H2,1-2H3,(H,16,17). The zero-order valence-corrected chi connectivity index (χ0v) is 11.3. The van der Waals surface area contributed by atoms with E-state index in [0.717, 1.165) is 25.7 Å². The van der Waals surface area contributed by atoms with Crippen LogP contribution in [0.4, 0.5) is 0 Å². The van der Waals surface area contributed by atoms with E-state index in [9.17, 15) is 9.59 Å². The van der Waals surface area contributed by atoms with Crippen molar-refractivity contribution in [1.82, 2.24) is 4.90 Å². The van der Waals surface area contributed by atoms with Crippen LogP contribution in [0.25, 0.3) is 0 Å². The summed E-state index contributed by atoms with van der Waals surface area (Å²) in [6, 6.07) is -0.116. The molecule has 1 aliphatic rings. The zero-order valence-electron chi connectivity index (χ0n) is 11.3. The molecule has 3 N–H and O–H groups in total. The summed E-state index contributed by atoms with van der Waals surface area (Å²) in [4.78, 5) is 24.6. The molecule has 0 saturated heterocycles. The highest BCUT2D eigenvalue weighted by Crippen LogP contribution is 2.25. The molecule has 2 unspecified atom stereocenters. The van der Waals surface area contributed by atoms with Crippen LogP contribution in [-0.4, -0.2) is 41.0 Å². The number of carbonyl (C=O) groups excluding carboxylic acids is 1. The van der Waals surface area contributed by atoms with Crippen molar-refractivity contribution in [3.05, 3.63) is 0 Å². The molecule has 2 atom stereocenters. The predicted molar refractivity (Wildman–Crippen MR) is 69.0 cm³/mol. The lowest BCUT2D eigenvalue weighted by atomic mass is 9.84. The van der Waals surface area contributed by atoms with Gasteiger partial charge in [-0.05, 0) is 18.8 Å². The molecule has 0 heterocycles. The average Bonchev–Trinajstić information content (AvgIpc) is 2.26. The molecule has 1 amide bonds. The SMILES string of the molecule is CC(C)CN(CC(=O)O)C(=O)C1CCCCC1N. The smallest absolute Gasteiger partial charge is 0.323 e. The molecule has 0 radical (unpaired) electrons. The Morgan fingerprint density at radius 1 is 1.33 bits per heavy atom. The fraction of sp³-hybridized carbons (Fsp3) is 0.846. The van der Waals surface area contributed by atoms with Crippen LogP contribution < -0.4 is 5.73 Å². The number of carbonyl (C=O) groups is 2. The van der Waals surface area contributed by atoms with Crippen LogP contribution in [0, 0.1) is 11.8 Å². The molecule has 5 heteroatoms. The van der Waals surface area contributed by atoms with Crippen LogP contribution in [0.2, 0.25) is 0 Å². The number of rotatable bonds is 5. The molecule has 1 rings (SSSR count). The summed E-state index contributed by atoms with van der Waals surface area (Å²) in [5.74, 6) is -0.989. The summed E-state index contributed by atoms with van der Waals surface area (Å²) in [5.41, 5.74) is 5.98. The van der Waals surface area contributed by atoms with E-state index in [1.807, 2.05) is 13.8 Å². The first-order valence-corrected chi connectivity index (χ1v) is 6.68. The monoisotopic (exact) mass is 256 g/mol. The van der Waals surface area contributed by atoms with Gasteiger partial charge in [-0.1, -0.05) is 26.7 Å². The summed E-state index contributed by atoms with van der Waals surface area (Å²) in [6.45, 7) is 4.21. The minimum Gasteiger partial charge on any atom is -0.480 e. The van der Waals surface area contributed by atoms with Crippen molar-refractivity contribution in [3.63, 3.8) is 0 Å². The molecule has 0 aromatic rings. The molecule has 18 heavy (non-hydrogen) atoms. The second-order valence-electron chi connectivity index (χ2n) is 5.56. The summed E-state index contributed by atoms with van der Waals surface area (Å²) < 4.78 is 0. The Hall–Kier alpha value is -1.10. The van der Waals surface area contributed by atoms with Gasteiger partial charge in [-0.25, -0.2) is 0 Å². The second-order valence-corrected chi connectivity index (χ2v) is 5.56. The number of aliphatic carboxylic acids is 1. The lowest BCUT2D eigenvalue weighted by Crippen LogP contribution is -2.48. The van der Waals surface area contributed by atoms with E-state index < -0.39 is 5.97 Å². The van der Waals surface area contributed by atoms with Crippen LogP contribution in [0.15, 0.2) is 0 Å². The van der Waals surface area contributed by atoms with Crippen LogP contribution in [-0.2, 0) is 9.59 Å². The van der Waals surface area contributed by atoms with E-state index in [4.69, 9.17) is 10.8 Å². The van der Waals surface area contributed by atoms with Crippen molar-refractivity contribution in [3.8, 4) is 0 Å². The van der Waals surface area contributed by atoms with Crippen LogP contribution in [0.1, 0.15) is 39.5 Å². The molecule has 5 nitrogen and oxygen atoms in total. The van der Waals surface area contributed by atoms with Crippen LogP contribution >= 0.6 is 0 Å². The normalized spacial score (nSPS) is 24.0. The van der Waals surface area contributed by atoms with Gasteiger partial charge in [0.1, 0.15) is 6.54 Å². The molecular weight excluding hydrogens is 232 g/mol. The van der Waals surface area contributed by atoms with Crippen molar-refractivity contribution < 1.29 is 14.7 Å². The van der Waals surface area contributed by atoms with Crippen molar-refractivity contribution in [2.24, 2.45) is 17.6 Å². The third-order valence-corrected chi connectivity index (χ3v) is 3.36. The molecule has 0 aromatic heterocycles. The topological polar surface area (TPSA) is 83.6 Å². The highest BCUT2D eigenvalue weighted by molar-refractivity contribution is 5.83. The molecular formula is C13H24N2O3. The minimum atomic E-state index is -0.964. The second kappa shape index (κ2) is 6.73. The maximum atomic E-state index is 12.4. The first kappa shape index (κ1) is 15.0. The average molecular weight is 256 g/mol. The molecule has 0 spiro atoms. The fourth-order valence-electron chi connectivity index (χ4n) is 2.54. The third-order valence-electron chi connectivity index (χ3n) is 3.36. The van der Waals surface area contributed by atoms with Crippen LogP contribution in [0.5, 0.6) is 0 Å². The first-order chi connectivity index (χ1) is 8.41. The Balaban J connectivity index is 2.70. The van der Waals surface area contributed by atoms with Gasteiger partial charge in [-0.2, -0.15) is 0 Å². The van der Waals surface area contributed by atoms with Crippen molar-refractivity contribution in [2.45, 2.75) is 45.6 Å². The third kappa shape index (κ3) is 4.29. The van der Waals surface area contributed by atoms with E-state index in [1.165, 1.54) is 4.90 Å². The van der Waals surface area contributed by atoms with E-state index in [0.29, 0.717) is 6.54 Å². The van der Waals surface area contributed by atoms with Gasteiger partial charge in [0.25, 0.3) is 0 Å². The molecule has 1 aliphatic carbocycles. The first-order valence-electron chi connectivity index (χ1n) is 6.68. The number of carboxylic acid groups (broad SMARTS) is 1. The maximum Gasteiger partial charge on any atom is 0.323 e. The summed E-state index contributed by atoms with van der Waals surface area (Å²) in [5, 5.41) is 8.88. The van der Waals surface area contributed by atoms with E-state index in [1.54, 1.807) is 0 Å². The molecule has 1 saturated carbocycles. The highest BCUT2D eigenvalue weighted by Gasteiger charge is 2.32. The Morgan fingerprint density at radius 3 is 2.44 bits per heavy atom. The van der Waals surface area contributed by atoms with Gasteiger partial charge in [-0.3, -0.25) is 9.59 Å². The van der Waals surface area contributed by atoms with Crippen molar-refractivity contribution >= 4 is 11.9 Å². The number of nitrogens with zero attached hydrogens (tertiary/aromatic N) is 1. The number of nitrogens with two attached hydrogens (primary N) is 1. The van der Waals surface area contributed by atoms with Crippen molar-refractivity contribution in [2.75, 3.05) is 13.1 Å². The van der Waals surface area contributed by atoms with Crippen molar-refractivity contribution in [1.29, 1.82) is 0 Å². The predicted octanol–water partition coefficient (Wildman–Crippen LogP) is 1.07. The highest BCUT2D eigenvalue weighted by atomic mass is 16.4. The maximum absolute atomic E-state index is 12.4. The molecule has 1 fully saturated rings. The Labute approximate surface area is 108 Å². The molecule has 0 aliphatic heterocycles. The lowest BCUT2D eigenvalue weighted by Gasteiger charge is -2.33. The zero-order chi connectivity index (χ0) is 13.7. The Kier molecular flexibility index (Phi) is 5.59. The van der Waals surface area contributed by atoms with Gasteiger partial charge in [0.2, 0.25) is 5.91 Å². The largest absolute Gasteiger partial charge is 0.480 e. The van der Waals surface area contributed by atoms with Crippen LogP contribution in [0.3, 0.4) is 0 Å². The number of hydrogen-bond acceptors (Lipinski definition) is 3. The summed E-state index contributed by atoms with van der Waals surface area (Å²) in [6.07, 6.45) is 3.72. The number of hydrogen-bond donors (Lipinski definition) is 2. The van der Waals surface area contributed by atoms with Gasteiger partial charge in [0.15, 0.2) is 0 Å². The van der Waals surface area contributed by atoms with Gasteiger partial charge >= 0.3 is 5.97 Å². The molecule has 0 aromatic carbocycles. The molecule has 0 bridgehead atoms. The van der Waals surface area contributed by atoms with Gasteiger partial charge in [-0.15, -0.1) is 0 Å². The van der Waals surface area contributed by atoms with E-state index >= 15 is 0 Å². The minimum absolute atomic E-state index is 0.0849. The van der Waals surface area contributed by atoms with E-state index in [2.05, 4.69) is 0 Å². The summed E-state index contributed by atoms with van der Waals surface area (Å²) >= 11 is 0. The lowest BCUT2D eigenvalue weighted by molar-refractivity contribution is -0.147.